The Bertz CT molecular complexity index is 613. The molecule has 19 heavy (non-hydrogen) atoms. The van der Waals surface area contributed by atoms with E-state index < -0.39 is 0 Å². The van der Waals surface area contributed by atoms with Crippen LogP contribution in [0.3, 0.4) is 0 Å². The topological polar surface area (TPSA) is 64.7 Å². The van der Waals surface area contributed by atoms with E-state index in [9.17, 15) is 4.79 Å². The average Bonchev–Trinajstić information content (AvgIpc) is 2.80. The Balaban J connectivity index is 2.54. The quantitative estimate of drug-likeness (QED) is 0.865. The number of aryl methyl sites for hydroxylation is 2. The van der Waals surface area contributed by atoms with Gasteiger partial charge in [0.2, 0.25) is 5.91 Å². The molecule has 0 bridgehead atoms. The van der Waals surface area contributed by atoms with E-state index >= 15 is 0 Å². The molecular formula is C12H18ClN5O. The van der Waals surface area contributed by atoms with Crippen LogP contribution in [0.1, 0.15) is 30.7 Å². The van der Waals surface area contributed by atoms with Crippen molar-refractivity contribution in [1.29, 1.82) is 0 Å². The molecule has 0 fully saturated rings. The van der Waals surface area contributed by atoms with Crippen LogP contribution in [-0.2, 0) is 18.4 Å². The van der Waals surface area contributed by atoms with Crippen LogP contribution in [0.2, 0.25) is 0 Å². The van der Waals surface area contributed by atoms with Gasteiger partial charge in [-0.3, -0.25) is 9.48 Å². The Labute approximate surface area is 116 Å². The Hall–Kier alpha value is -1.56. The molecule has 1 amide bonds. The van der Waals surface area contributed by atoms with Gasteiger partial charge in [0.15, 0.2) is 5.65 Å². The molecule has 0 aliphatic carbocycles. The third kappa shape index (κ3) is 2.45. The average molecular weight is 284 g/mol. The molecule has 1 N–H and O–H groups in total. The van der Waals surface area contributed by atoms with E-state index in [4.69, 9.17) is 11.6 Å². The predicted molar refractivity (Wildman–Crippen MR) is 74.2 cm³/mol. The van der Waals surface area contributed by atoms with Gasteiger partial charge in [0.25, 0.3) is 0 Å². The maximum atomic E-state index is 11.8. The molecule has 0 saturated carbocycles. The molecule has 0 aromatic carbocycles. The lowest BCUT2D eigenvalue weighted by Gasteiger charge is -2.10. The lowest BCUT2D eigenvalue weighted by Crippen LogP contribution is -2.28. The number of alkyl halides is 1. The summed E-state index contributed by atoms with van der Waals surface area (Å²) in [6.45, 7) is 6.44. The fraction of sp³-hybridized carbons (Fsp3) is 0.583. The predicted octanol–water partition coefficient (Wildman–Crippen LogP) is 1.51. The molecule has 0 aliphatic heterocycles. The first-order chi connectivity index (χ1) is 8.95. The monoisotopic (exact) mass is 283 g/mol. The van der Waals surface area contributed by atoms with E-state index in [1.165, 1.54) is 0 Å². The second-order valence-corrected chi connectivity index (χ2v) is 5.16. The number of nitrogens with one attached hydrogen (secondary N) is 1. The fourth-order valence-electron chi connectivity index (χ4n) is 2.21. The lowest BCUT2D eigenvalue weighted by molar-refractivity contribution is -0.121. The molecule has 1 atom stereocenters. The number of amides is 1. The summed E-state index contributed by atoms with van der Waals surface area (Å²) in [5.41, 5.74) is 2.46. The van der Waals surface area contributed by atoms with Crippen molar-refractivity contribution in [2.45, 2.75) is 32.7 Å². The highest BCUT2D eigenvalue weighted by molar-refractivity contribution is 6.20. The van der Waals surface area contributed by atoms with Crippen molar-refractivity contribution < 1.29 is 4.79 Å². The first kappa shape index (κ1) is 13.9. The zero-order valence-corrected chi connectivity index (χ0v) is 12.3. The molecule has 0 aliphatic rings. The van der Waals surface area contributed by atoms with Crippen LogP contribution in [0.4, 0.5) is 0 Å². The standard InChI is InChI=1S/C12H18ClN5O/c1-5-14-9(19)6-18-11(7(2)13)15-10-8(3)16-17(4)12(10)18/h7H,5-6H2,1-4H3,(H,14,19). The van der Waals surface area contributed by atoms with E-state index in [-0.39, 0.29) is 17.8 Å². The number of imidazole rings is 1. The zero-order valence-electron chi connectivity index (χ0n) is 11.6. The van der Waals surface area contributed by atoms with Gasteiger partial charge in [-0.1, -0.05) is 0 Å². The summed E-state index contributed by atoms with van der Waals surface area (Å²) in [6, 6.07) is 0. The Morgan fingerprint density at radius 2 is 2.21 bits per heavy atom. The smallest absolute Gasteiger partial charge is 0.240 e. The van der Waals surface area contributed by atoms with E-state index in [0.29, 0.717) is 12.4 Å². The van der Waals surface area contributed by atoms with Gasteiger partial charge < -0.3 is 9.88 Å². The van der Waals surface area contributed by atoms with Gasteiger partial charge in [-0.15, -0.1) is 11.6 Å². The van der Waals surface area contributed by atoms with Gasteiger partial charge in [-0.25, -0.2) is 4.98 Å². The minimum atomic E-state index is -0.263. The molecule has 0 spiro atoms. The largest absolute Gasteiger partial charge is 0.355 e. The van der Waals surface area contributed by atoms with Crippen LogP contribution >= 0.6 is 11.6 Å². The summed E-state index contributed by atoms with van der Waals surface area (Å²) in [6.07, 6.45) is 0. The number of likely N-dealkylation sites (N-methyl/N-ethyl adjacent to an activating group) is 1. The van der Waals surface area contributed by atoms with Crippen molar-refractivity contribution in [3.8, 4) is 0 Å². The van der Waals surface area contributed by atoms with Crippen molar-refractivity contribution in [3.05, 3.63) is 11.5 Å². The van der Waals surface area contributed by atoms with Crippen LogP contribution < -0.4 is 5.32 Å². The minimum absolute atomic E-state index is 0.0563. The SMILES string of the molecule is CCNC(=O)Cn1c(C(C)Cl)nc2c(C)nn(C)c21. The number of aromatic nitrogens is 4. The summed E-state index contributed by atoms with van der Waals surface area (Å²) in [5, 5.41) is 6.84. The highest BCUT2D eigenvalue weighted by Gasteiger charge is 2.21. The number of fused-ring (bicyclic) bond motifs is 1. The molecule has 0 radical (unpaired) electrons. The van der Waals surface area contributed by atoms with E-state index in [1.54, 1.807) is 4.68 Å². The molecular weight excluding hydrogens is 266 g/mol. The van der Waals surface area contributed by atoms with E-state index in [2.05, 4.69) is 15.4 Å². The Kier molecular flexibility index (Phi) is 3.80. The summed E-state index contributed by atoms with van der Waals surface area (Å²) >= 11 is 6.16. The van der Waals surface area contributed by atoms with Crippen LogP contribution in [-0.4, -0.2) is 31.8 Å². The van der Waals surface area contributed by atoms with E-state index in [1.807, 2.05) is 32.4 Å². The molecule has 0 saturated heterocycles. The van der Waals surface area contributed by atoms with Crippen LogP contribution in [0.15, 0.2) is 0 Å². The molecule has 2 rings (SSSR count). The van der Waals surface area contributed by atoms with Crippen LogP contribution in [0, 0.1) is 6.92 Å². The highest BCUT2D eigenvalue weighted by Crippen LogP contribution is 2.25. The van der Waals surface area contributed by atoms with Gasteiger partial charge >= 0.3 is 0 Å². The number of rotatable bonds is 4. The third-order valence-corrected chi connectivity index (χ3v) is 3.15. The van der Waals surface area contributed by atoms with Gasteiger partial charge in [-0.05, 0) is 20.8 Å². The maximum Gasteiger partial charge on any atom is 0.240 e. The van der Waals surface area contributed by atoms with Crippen LogP contribution in [0.5, 0.6) is 0 Å². The molecule has 1 unspecified atom stereocenters. The molecule has 7 heteroatoms. The van der Waals surface area contributed by atoms with Gasteiger partial charge in [0.05, 0.1) is 11.1 Å². The first-order valence-corrected chi connectivity index (χ1v) is 6.69. The summed E-state index contributed by atoms with van der Waals surface area (Å²) in [5.74, 6) is 0.637. The van der Waals surface area contributed by atoms with E-state index in [0.717, 1.165) is 16.9 Å². The second-order valence-electron chi connectivity index (χ2n) is 4.51. The minimum Gasteiger partial charge on any atom is -0.355 e. The van der Waals surface area contributed by atoms with Gasteiger partial charge in [0.1, 0.15) is 17.9 Å². The summed E-state index contributed by atoms with van der Waals surface area (Å²) in [7, 11) is 1.84. The molecule has 6 nitrogen and oxygen atoms in total. The summed E-state index contributed by atoms with van der Waals surface area (Å²) < 4.78 is 3.57. The number of hydrogen-bond acceptors (Lipinski definition) is 3. The van der Waals surface area contributed by atoms with Crippen LogP contribution in [0.25, 0.3) is 11.2 Å². The van der Waals surface area contributed by atoms with Crippen molar-refractivity contribution in [2.24, 2.45) is 7.05 Å². The lowest BCUT2D eigenvalue weighted by atomic mass is 10.4. The number of nitrogens with zero attached hydrogens (tertiary/aromatic N) is 4. The van der Waals surface area contributed by atoms with Crippen molar-refractivity contribution in [3.63, 3.8) is 0 Å². The van der Waals surface area contributed by atoms with Gasteiger partial charge in [-0.2, -0.15) is 5.10 Å². The second kappa shape index (κ2) is 5.21. The van der Waals surface area contributed by atoms with Crippen molar-refractivity contribution >= 4 is 28.7 Å². The number of carbonyl (C=O) groups is 1. The zero-order chi connectivity index (χ0) is 14.2. The van der Waals surface area contributed by atoms with Crippen molar-refractivity contribution in [1.82, 2.24) is 24.6 Å². The number of hydrogen-bond donors (Lipinski definition) is 1. The Morgan fingerprint density at radius 3 is 2.79 bits per heavy atom. The fourth-order valence-corrected chi connectivity index (χ4v) is 2.37. The van der Waals surface area contributed by atoms with Gasteiger partial charge in [0, 0.05) is 13.6 Å². The third-order valence-electron chi connectivity index (χ3n) is 2.95. The Morgan fingerprint density at radius 1 is 1.53 bits per heavy atom. The first-order valence-electron chi connectivity index (χ1n) is 6.26. The molecule has 2 aromatic heterocycles. The summed E-state index contributed by atoms with van der Waals surface area (Å²) in [4.78, 5) is 16.3. The number of halogens is 1. The molecule has 2 aromatic rings. The number of carbonyl (C=O) groups excluding carboxylic acids is 1. The molecule has 104 valence electrons. The normalized spacial score (nSPS) is 12.9. The highest BCUT2D eigenvalue weighted by atomic mass is 35.5. The maximum absolute atomic E-state index is 11.8. The van der Waals surface area contributed by atoms with Crippen molar-refractivity contribution in [2.75, 3.05) is 6.54 Å². The molecule has 2 heterocycles.